The van der Waals surface area contributed by atoms with E-state index in [0.29, 0.717) is 6.04 Å². The normalized spacial score (nSPS) is 19.8. The molecule has 1 aliphatic heterocycles. The van der Waals surface area contributed by atoms with Crippen molar-refractivity contribution in [1.29, 1.82) is 0 Å². The Balaban J connectivity index is 2.13. The van der Waals surface area contributed by atoms with E-state index < -0.39 is 0 Å². The highest BCUT2D eigenvalue weighted by Gasteiger charge is 2.25. The number of aryl methyl sites for hydroxylation is 2. The third kappa shape index (κ3) is 2.99. The molecule has 2 heterocycles. The largest absolute Gasteiger partial charge is 0.355 e. The van der Waals surface area contributed by atoms with Crippen LogP contribution in [0.4, 0.5) is 5.82 Å². The molecule has 0 aromatic carbocycles. The minimum atomic E-state index is 0.648. The summed E-state index contributed by atoms with van der Waals surface area (Å²) in [6.45, 7) is 6.41. The Hall–Kier alpha value is -1.16. The van der Waals surface area contributed by atoms with E-state index in [9.17, 15) is 0 Å². The van der Waals surface area contributed by atoms with Crippen molar-refractivity contribution in [2.75, 3.05) is 32.1 Å². The first-order valence-electron chi connectivity index (χ1n) is 6.86. The van der Waals surface area contributed by atoms with Gasteiger partial charge in [0.2, 0.25) is 0 Å². The number of nitrogens with zero attached hydrogens (tertiary/aromatic N) is 4. The number of rotatable bonds is 4. The fourth-order valence-electron chi connectivity index (χ4n) is 2.48. The molecule has 0 amide bonds. The molecule has 1 aromatic rings. The molecule has 1 fully saturated rings. The van der Waals surface area contributed by atoms with Gasteiger partial charge in [-0.2, -0.15) is 0 Å². The van der Waals surface area contributed by atoms with Crippen LogP contribution in [-0.4, -0.2) is 48.1 Å². The van der Waals surface area contributed by atoms with Crippen LogP contribution >= 0.6 is 0 Å². The molecule has 4 heteroatoms. The minimum Gasteiger partial charge on any atom is -0.355 e. The zero-order valence-electron chi connectivity index (χ0n) is 12.0. The first-order valence-corrected chi connectivity index (χ1v) is 6.86. The lowest BCUT2D eigenvalue weighted by Crippen LogP contribution is -2.31. The molecule has 0 spiro atoms. The summed E-state index contributed by atoms with van der Waals surface area (Å²) in [5.41, 5.74) is 1.08. The fourth-order valence-corrected chi connectivity index (χ4v) is 2.48. The summed E-state index contributed by atoms with van der Waals surface area (Å²) in [6.07, 6.45) is 3.29. The Bertz CT molecular complexity index is 403. The van der Waals surface area contributed by atoms with E-state index in [0.717, 1.165) is 43.3 Å². The van der Waals surface area contributed by atoms with Gasteiger partial charge < -0.3 is 9.80 Å². The van der Waals surface area contributed by atoms with Crippen LogP contribution < -0.4 is 4.90 Å². The van der Waals surface area contributed by atoms with Crippen molar-refractivity contribution in [3.8, 4) is 0 Å². The van der Waals surface area contributed by atoms with Crippen LogP contribution in [0, 0.1) is 6.92 Å². The van der Waals surface area contributed by atoms with Crippen LogP contribution in [0.15, 0.2) is 6.07 Å². The Morgan fingerprint density at radius 3 is 2.78 bits per heavy atom. The summed E-state index contributed by atoms with van der Waals surface area (Å²) >= 11 is 0. The standard InChI is InChI=1S/C14H24N4/c1-5-6-13-15-11(2)9-14(16-13)18-8-7-12(10-18)17(3)4/h9,12H,5-8,10H2,1-4H3. The van der Waals surface area contributed by atoms with Gasteiger partial charge in [0.25, 0.3) is 0 Å². The van der Waals surface area contributed by atoms with Crippen LogP contribution in [-0.2, 0) is 6.42 Å². The maximum atomic E-state index is 4.70. The van der Waals surface area contributed by atoms with Gasteiger partial charge in [-0.05, 0) is 33.9 Å². The number of hydrogen-bond acceptors (Lipinski definition) is 4. The van der Waals surface area contributed by atoms with Crippen molar-refractivity contribution in [3.05, 3.63) is 17.6 Å². The lowest BCUT2D eigenvalue weighted by molar-refractivity contribution is 0.315. The summed E-state index contributed by atoms with van der Waals surface area (Å²) in [7, 11) is 4.31. The van der Waals surface area contributed by atoms with Crippen molar-refractivity contribution >= 4 is 5.82 Å². The van der Waals surface area contributed by atoms with Gasteiger partial charge in [-0.15, -0.1) is 0 Å². The molecule has 0 N–H and O–H groups in total. The molecule has 1 atom stereocenters. The van der Waals surface area contributed by atoms with E-state index in [1.807, 2.05) is 0 Å². The van der Waals surface area contributed by atoms with Gasteiger partial charge in [0.05, 0.1) is 0 Å². The van der Waals surface area contributed by atoms with Gasteiger partial charge in [-0.25, -0.2) is 9.97 Å². The van der Waals surface area contributed by atoms with Crippen LogP contribution in [0.3, 0.4) is 0 Å². The molecule has 0 bridgehead atoms. The molecule has 100 valence electrons. The summed E-state index contributed by atoms with van der Waals surface area (Å²) < 4.78 is 0. The molecule has 2 rings (SSSR count). The molecule has 1 aromatic heterocycles. The van der Waals surface area contributed by atoms with Gasteiger partial charge in [0.1, 0.15) is 11.6 Å². The van der Waals surface area contributed by atoms with Gasteiger partial charge in [-0.1, -0.05) is 6.92 Å². The number of aromatic nitrogens is 2. The van der Waals surface area contributed by atoms with Crippen molar-refractivity contribution in [1.82, 2.24) is 14.9 Å². The second-order valence-corrected chi connectivity index (χ2v) is 5.39. The summed E-state index contributed by atoms with van der Waals surface area (Å²) in [6, 6.07) is 2.76. The van der Waals surface area contributed by atoms with E-state index >= 15 is 0 Å². The predicted octanol–water partition coefficient (Wildman–Crippen LogP) is 1.88. The van der Waals surface area contributed by atoms with Crippen molar-refractivity contribution in [2.45, 2.75) is 39.2 Å². The molecule has 0 radical (unpaired) electrons. The van der Waals surface area contributed by atoms with Crippen LogP contribution in [0.2, 0.25) is 0 Å². The Labute approximate surface area is 110 Å². The zero-order valence-corrected chi connectivity index (χ0v) is 12.0. The number of likely N-dealkylation sites (N-methyl/N-ethyl adjacent to an activating group) is 1. The smallest absolute Gasteiger partial charge is 0.132 e. The highest BCUT2D eigenvalue weighted by atomic mass is 15.3. The van der Waals surface area contributed by atoms with E-state index in [-0.39, 0.29) is 0 Å². The molecule has 1 unspecified atom stereocenters. The molecule has 4 nitrogen and oxygen atoms in total. The third-order valence-electron chi connectivity index (χ3n) is 3.58. The topological polar surface area (TPSA) is 32.3 Å². The molecule has 1 aliphatic rings. The predicted molar refractivity (Wildman–Crippen MR) is 75.1 cm³/mol. The highest BCUT2D eigenvalue weighted by Crippen LogP contribution is 2.21. The van der Waals surface area contributed by atoms with Gasteiger partial charge in [0, 0.05) is 37.3 Å². The number of anilines is 1. The Kier molecular flexibility index (Phi) is 4.17. The zero-order chi connectivity index (χ0) is 13.1. The molecular weight excluding hydrogens is 224 g/mol. The highest BCUT2D eigenvalue weighted by molar-refractivity contribution is 5.41. The lowest BCUT2D eigenvalue weighted by Gasteiger charge is -2.21. The van der Waals surface area contributed by atoms with Crippen LogP contribution in [0.25, 0.3) is 0 Å². The quantitative estimate of drug-likeness (QED) is 0.814. The minimum absolute atomic E-state index is 0.648. The van der Waals surface area contributed by atoms with E-state index in [4.69, 9.17) is 4.98 Å². The van der Waals surface area contributed by atoms with Gasteiger partial charge >= 0.3 is 0 Å². The number of hydrogen-bond donors (Lipinski definition) is 0. The summed E-state index contributed by atoms with van der Waals surface area (Å²) in [5, 5.41) is 0. The van der Waals surface area contributed by atoms with Crippen molar-refractivity contribution in [2.24, 2.45) is 0 Å². The first-order chi connectivity index (χ1) is 8.60. The average molecular weight is 248 g/mol. The van der Waals surface area contributed by atoms with Gasteiger partial charge in [0.15, 0.2) is 0 Å². The first kappa shape index (κ1) is 13.3. The second-order valence-electron chi connectivity index (χ2n) is 5.39. The lowest BCUT2D eigenvalue weighted by atomic mass is 10.2. The Morgan fingerprint density at radius 1 is 1.39 bits per heavy atom. The van der Waals surface area contributed by atoms with Crippen LogP contribution in [0.5, 0.6) is 0 Å². The molecular formula is C14H24N4. The average Bonchev–Trinajstić information content (AvgIpc) is 2.78. The molecule has 0 saturated carbocycles. The van der Waals surface area contributed by atoms with E-state index in [1.54, 1.807) is 0 Å². The van der Waals surface area contributed by atoms with E-state index in [2.05, 4.69) is 48.8 Å². The third-order valence-corrected chi connectivity index (χ3v) is 3.58. The molecule has 1 saturated heterocycles. The monoisotopic (exact) mass is 248 g/mol. The maximum absolute atomic E-state index is 4.70. The Morgan fingerprint density at radius 2 is 2.17 bits per heavy atom. The van der Waals surface area contributed by atoms with Crippen LogP contribution in [0.1, 0.15) is 31.3 Å². The molecule has 18 heavy (non-hydrogen) atoms. The maximum Gasteiger partial charge on any atom is 0.132 e. The second kappa shape index (κ2) is 5.65. The van der Waals surface area contributed by atoms with Gasteiger partial charge in [-0.3, -0.25) is 0 Å². The van der Waals surface area contributed by atoms with E-state index in [1.165, 1.54) is 6.42 Å². The molecule has 0 aliphatic carbocycles. The summed E-state index contributed by atoms with van der Waals surface area (Å²) in [5.74, 6) is 2.09. The van der Waals surface area contributed by atoms with Crippen molar-refractivity contribution in [3.63, 3.8) is 0 Å². The van der Waals surface area contributed by atoms with Crippen molar-refractivity contribution < 1.29 is 0 Å². The summed E-state index contributed by atoms with van der Waals surface area (Å²) in [4.78, 5) is 13.9. The fraction of sp³-hybridized carbons (Fsp3) is 0.714. The SMILES string of the molecule is CCCc1nc(C)cc(N2CCC(N(C)C)C2)n1.